The van der Waals surface area contributed by atoms with Crippen molar-refractivity contribution in [1.82, 2.24) is 0 Å². The SMILES string of the molecule is CCC[C@@H](N)c1ccc(Cl)c(N)c1. The van der Waals surface area contributed by atoms with Gasteiger partial charge in [-0.2, -0.15) is 0 Å². The largest absolute Gasteiger partial charge is 0.398 e. The molecule has 1 aromatic rings. The summed E-state index contributed by atoms with van der Waals surface area (Å²) in [5, 5.41) is 0.590. The molecule has 0 aliphatic rings. The maximum absolute atomic E-state index is 5.93. The Balaban J connectivity index is 2.84. The van der Waals surface area contributed by atoms with Crippen LogP contribution in [0.15, 0.2) is 18.2 Å². The average Bonchev–Trinajstić information content (AvgIpc) is 2.10. The van der Waals surface area contributed by atoms with Crippen LogP contribution < -0.4 is 11.5 Å². The van der Waals surface area contributed by atoms with Crippen LogP contribution in [-0.4, -0.2) is 0 Å². The summed E-state index contributed by atoms with van der Waals surface area (Å²) in [4.78, 5) is 0. The van der Waals surface area contributed by atoms with Gasteiger partial charge in [0.15, 0.2) is 0 Å². The van der Waals surface area contributed by atoms with Gasteiger partial charge in [-0.15, -0.1) is 0 Å². The van der Waals surface area contributed by atoms with Crippen LogP contribution in [-0.2, 0) is 0 Å². The van der Waals surface area contributed by atoms with Crippen LogP contribution in [0.5, 0.6) is 0 Å². The van der Waals surface area contributed by atoms with E-state index in [-0.39, 0.29) is 6.04 Å². The van der Waals surface area contributed by atoms with Crippen molar-refractivity contribution in [3.05, 3.63) is 28.8 Å². The Morgan fingerprint density at radius 3 is 2.69 bits per heavy atom. The summed E-state index contributed by atoms with van der Waals surface area (Å²) in [6.07, 6.45) is 2.05. The first-order chi connectivity index (χ1) is 6.15. The minimum absolute atomic E-state index is 0.0737. The van der Waals surface area contributed by atoms with Crippen LogP contribution in [0.25, 0.3) is 0 Å². The molecule has 0 bridgehead atoms. The number of rotatable bonds is 3. The molecule has 0 fully saturated rings. The number of anilines is 1. The van der Waals surface area contributed by atoms with E-state index in [4.69, 9.17) is 23.1 Å². The third-order valence-electron chi connectivity index (χ3n) is 2.05. The van der Waals surface area contributed by atoms with Crippen molar-refractivity contribution >= 4 is 17.3 Å². The van der Waals surface area contributed by atoms with Crippen LogP contribution in [0, 0.1) is 0 Å². The van der Waals surface area contributed by atoms with Crippen LogP contribution in [0.2, 0.25) is 5.02 Å². The summed E-state index contributed by atoms with van der Waals surface area (Å²) in [5.41, 5.74) is 13.3. The van der Waals surface area contributed by atoms with Gasteiger partial charge < -0.3 is 11.5 Å². The number of benzene rings is 1. The molecule has 1 atom stereocenters. The summed E-state index contributed by atoms with van der Waals surface area (Å²) in [6, 6.07) is 5.65. The van der Waals surface area contributed by atoms with E-state index in [1.54, 1.807) is 6.07 Å². The fourth-order valence-corrected chi connectivity index (χ4v) is 1.39. The lowest BCUT2D eigenvalue weighted by molar-refractivity contribution is 0.639. The topological polar surface area (TPSA) is 52.0 Å². The van der Waals surface area contributed by atoms with Gasteiger partial charge in [-0.3, -0.25) is 0 Å². The lowest BCUT2D eigenvalue weighted by atomic mass is 10.0. The smallest absolute Gasteiger partial charge is 0.0635 e. The van der Waals surface area contributed by atoms with E-state index in [1.165, 1.54) is 0 Å². The van der Waals surface area contributed by atoms with Crippen molar-refractivity contribution in [3.8, 4) is 0 Å². The Morgan fingerprint density at radius 1 is 1.46 bits per heavy atom. The van der Waals surface area contributed by atoms with E-state index in [9.17, 15) is 0 Å². The molecule has 0 aliphatic carbocycles. The summed E-state index contributed by atoms with van der Waals surface area (Å²) in [7, 11) is 0. The van der Waals surface area contributed by atoms with Gasteiger partial charge in [0, 0.05) is 6.04 Å². The zero-order valence-corrected chi connectivity index (χ0v) is 8.51. The highest BCUT2D eigenvalue weighted by atomic mass is 35.5. The Kier molecular flexibility index (Phi) is 3.58. The Hall–Kier alpha value is -0.730. The van der Waals surface area contributed by atoms with Gasteiger partial charge in [0.2, 0.25) is 0 Å². The Bertz CT molecular complexity index is 286. The van der Waals surface area contributed by atoms with Gasteiger partial charge in [0.25, 0.3) is 0 Å². The summed E-state index contributed by atoms with van der Waals surface area (Å²) >= 11 is 5.80. The second-order valence-corrected chi connectivity index (χ2v) is 3.58. The third kappa shape index (κ3) is 2.61. The summed E-state index contributed by atoms with van der Waals surface area (Å²) in [5.74, 6) is 0. The molecule has 13 heavy (non-hydrogen) atoms. The average molecular weight is 199 g/mol. The van der Waals surface area contributed by atoms with Gasteiger partial charge in [0.1, 0.15) is 0 Å². The molecule has 0 radical (unpaired) electrons. The third-order valence-corrected chi connectivity index (χ3v) is 2.39. The van der Waals surface area contributed by atoms with Crippen molar-refractivity contribution in [2.45, 2.75) is 25.8 Å². The van der Waals surface area contributed by atoms with E-state index in [0.717, 1.165) is 18.4 Å². The lowest BCUT2D eigenvalue weighted by Crippen LogP contribution is -2.09. The molecule has 0 heterocycles. The number of nitrogen functional groups attached to an aromatic ring is 1. The highest BCUT2D eigenvalue weighted by Crippen LogP contribution is 2.24. The Labute approximate surface area is 83.9 Å². The molecule has 0 spiro atoms. The van der Waals surface area contributed by atoms with Crippen molar-refractivity contribution in [2.75, 3.05) is 5.73 Å². The normalized spacial score (nSPS) is 12.8. The maximum atomic E-state index is 5.93. The first-order valence-corrected chi connectivity index (χ1v) is 4.83. The highest BCUT2D eigenvalue weighted by Gasteiger charge is 2.05. The number of halogens is 1. The predicted molar refractivity (Wildman–Crippen MR) is 57.7 cm³/mol. The standard InChI is InChI=1S/C10H15ClN2/c1-2-3-9(12)7-4-5-8(11)10(13)6-7/h4-6,9H,2-3,12-13H2,1H3/t9-/m1/s1. The second-order valence-electron chi connectivity index (χ2n) is 3.18. The van der Waals surface area contributed by atoms with Gasteiger partial charge in [-0.25, -0.2) is 0 Å². The second kappa shape index (κ2) is 4.49. The molecule has 0 amide bonds. The molecule has 0 aromatic heterocycles. The zero-order valence-electron chi connectivity index (χ0n) is 7.76. The minimum Gasteiger partial charge on any atom is -0.398 e. The van der Waals surface area contributed by atoms with Crippen molar-refractivity contribution in [3.63, 3.8) is 0 Å². The summed E-state index contributed by atoms with van der Waals surface area (Å²) < 4.78 is 0. The first kappa shape index (κ1) is 10.4. The van der Waals surface area contributed by atoms with E-state index >= 15 is 0 Å². The van der Waals surface area contributed by atoms with Crippen LogP contribution in [0.4, 0.5) is 5.69 Å². The molecule has 72 valence electrons. The van der Waals surface area contributed by atoms with E-state index in [2.05, 4.69) is 6.92 Å². The van der Waals surface area contributed by atoms with Crippen LogP contribution in [0.1, 0.15) is 31.4 Å². The number of hydrogen-bond donors (Lipinski definition) is 2. The van der Waals surface area contributed by atoms with E-state index in [1.807, 2.05) is 12.1 Å². The Morgan fingerprint density at radius 2 is 2.15 bits per heavy atom. The molecule has 0 aliphatic heterocycles. The first-order valence-electron chi connectivity index (χ1n) is 4.45. The van der Waals surface area contributed by atoms with Gasteiger partial charge in [-0.05, 0) is 24.1 Å². The molecular weight excluding hydrogens is 184 g/mol. The molecule has 1 rings (SSSR count). The fourth-order valence-electron chi connectivity index (χ4n) is 1.27. The van der Waals surface area contributed by atoms with Gasteiger partial charge in [-0.1, -0.05) is 31.0 Å². The predicted octanol–water partition coefficient (Wildman–Crippen LogP) is 2.72. The number of hydrogen-bond acceptors (Lipinski definition) is 2. The van der Waals surface area contributed by atoms with E-state index in [0.29, 0.717) is 10.7 Å². The van der Waals surface area contributed by atoms with Crippen molar-refractivity contribution in [2.24, 2.45) is 5.73 Å². The molecule has 2 nitrogen and oxygen atoms in total. The number of nitrogens with two attached hydrogens (primary N) is 2. The molecule has 3 heteroatoms. The molecule has 0 saturated carbocycles. The minimum atomic E-state index is 0.0737. The zero-order chi connectivity index (χ0) is 9.84. The molecular formula is C10H15ClN2. The van der Waals surface area contributed by atoms with Crippen molar-refractivity contribution in [1.29, 1.82) is 0 Å². The van der Waals surface area contributed by atoms with Gasteiger partial charge in [0.05, 0.1) is 10.7 Å². The molecule has 4 N–H and O–H groups in total. The van der Waals surface area contributed by atoms with E-state index < -0.39 is 0 Å². The monoisotopic (exact) mass is 198 g/mol. The molecule has 0 unspecified atom stereocenters. The van der Waals surface area contributed by atoms with Crippen LogP contribution >= 0.6 is 11.6 Å². The molecule has 0 saturated heterocycles. The quantitative estimate of drug-likeness (QED) is 0.734. The van der Waals surface area contributed by atoms with Gasteiger partial charge >= 0.3 is 0 Å². The van der Waals surface area contributed by atoms with Crippen molar-refractivity contribution < 1.29 is 0 Å². The maximum Gasteiger partial charge on any atom is 0.0635 e. The van der Waals surface area contributed by atoms with Crippen LogP contribution in [0.3, 0.4) is 0 Å². The fraction of sp³-hybridized carbons (Fsp3) is 0.400. The molecule has 1 aromatic carbocycles. The lowest BCUT2D eigenvalue weighted by Gasteiger charge is -2.11. The highest BCUT2D eigenvalue weighted by molar-refractivity contribution is 6.33. The summed E-state index contributed by atoms with van der Waals surface area (Å²) in [6.45, 7) is 2.11.